The zero-order valence-electron chi connectivity index (χ0n) is 37.4. The Kier molecular flexibility index (Phi) is 13.5. The lowest BCUT2D eigenvalue weighted by Crippen LogP contribution is -2.29. The Morgan fingerprint density at radius 1 is 0.697 bits per heavy atom. The lowest BCUT2D eigenvalue weighted by molar-refractivity contribution is -0.419. The lowest BCUT2D eigenvalue weighted by Gasteiger charge is -2.29. The number of hydrogen-bond acceptors (Lipinski definition) is 9. The largest absolute Gasteiger partial charge is 0.508 e. The number of anilines is 6. The number of aliphatic hydroxyl groups excluding tert-OH is 1. The molecule has 0 amide bonds. The number of nitrogen functional groups attached to an aromatic ring is 1. The van der Waals surface area contributed by atoms with Gasteiger partial charge in [-0.25, -0.2) is 0 Å². The van der Waals surface area contributed by atoms with E-state index in [0.29, 0.717) is 32.1 Å². The number of aliphatic hydroxyl groups is 1. The number of phenolic OH excluding ortho intramolecular Hbond substituents is 1. The fourth-order valence-corrected chi connectivity index (χ4v) is 9.60. The van der Waals surface area contributed by atoms with Gasteiger partial charge in [-0.1, -0.05) is 43.2 Å². The molecule has 7 aromatic rings. The Labute approximate surface area is 385 Å². The number of benzene rings is 6. The van der Waals surface area contributed by atoms with Crippen molar-refractivity contribution in [2.45, 2.75) is 63.8 Å². The van der Waals surface area contributed by atoms with E-state index in [2.05, 4.69) is 105 Å². The summed E-state index contributed by atoms with van der Waals surface area (Å²) in [6.45, 7) is 4.84. The molecule has 1 aromatic heterocycles. The molecule has 2 heterocycles. The first-order valence-electron chi connectivity index (χ1n) is 23.2. The second kappa shape index (κ2) is 20.1. The SMILES string of the molecule is CCOCCOCCCc1ccc(-n2c3ccc(N)cc3c3cc(N(c4ccc(O)cc4)c4ccc5c(c4)C4C=C([N+](=O)[O-])C=CC4N5c4ccc(CCCCCCO)cc4)ccc32)cc1. The van der Waals surface area contributed by atoms with Crippen molar-refractivity contribution in [3.63, 3.8) is 0 Å². The minimum Gasteiger partial charge on any atom is -0.508 e. The predicted octanol–water partition coefficient (Wildman–Crippen LogP) is 12.0. The average molecular weight is 884 g/mol. The Morgan fingerprint density at radius 3 is 2.06 bits per heavy atom. The minimum absolute atomic E-state index is 0.0795. The molecule has 11 heteroatoms. The monoisotopic (exact) mass is 883 g/mol. The van der Waals surface area contributed by atoms with Crippen LogP contribution < -0.4 is 15.5 Å². The Balaban J connectivity index is 1.08. The van der Waals surface area contributed by atoms with E-state index in [1.807, 2.05) is 37.3 Å². The van der Waals surface area contributed by atoms with Crippen molar-refractivity contribution in [1.82, 2.24) is 4.57 Å². The van der Waals surface area contributed by atoms with Gasteiger partial charge in [-0.05, 0) is 159 Å². The van der Waals surface area contributed by atoms with Crippen LogP contribution in [0.2, 0.25) is 0 Å². The Morgan fingerprint density at radius 2 is 1.33 bits per heavy atom. The van der Waals surface area contributed by atoms with Crippen molar-refractivity contribution in [3.05, 3.63) is 178 Å². The van der Waals surface area contributed by atoms with E-state index in [4.69, 9.17) is 20.3 Å². The molecule has 0 bridgehead atoms. The van der Waals surface area contributed by atoms with Crippen LogP contribution in [0, 0.1) is 10.1 Å². The number of hydrogen-bond donors (Lipinski definition) is 3. The fraction of sp³-hybridized carbons (Fsp3) is 0.273. The summed E-state index contributed by atoms with van der Waals surface area (Å²) >= 11 is 0. The van der Waals surface area contributed by atoms with Crippen molar-refractivity contribution < 1.29 is 24.6 Å². The van der Waals surface area contributed by atoms with E-state index >= 15 is 0 Å². The van der Waals surface area contributed by atoms with Crippen LogP contribution in [0.4, 0.5) is 34.1 Å². The molecule has 338 valence electrons. The number of phenols is 1. The highest BCUT2D eigenvalue weighted by Gasteiger charge is 2.40. The summed E-state index contributed by atoms with van der Waals surface area (Å²) in [5.41, 5.74) is 18.5. The van der Waals surface area contributed by atoms with E-state index in [1.54, 1.807) is 24.3 Å². The van der Waals surface area contributed by atoms with E-state index < -0.39 is 0 Å². The van der Waals surface area contributed by atoms with Crippen LogP contribution >= 0.6 is 0 Å². The standard InChI is InChI=1S/C55H57N5O6/c1-2-65-32-33-66-31-7-9-39-12-17-42(18-13-39)58-52-26-14-40(56)34-48(52)49-35-44(21-27-53(49)58)57(41-19-24-47(62)25-20-41)45-22-28-54-50(36-45)51-37-46(60(63)64)23-29-55(51)59(54)43-15-10-38(11-16-43)8-5-3-4-6-30-61/h10-29,34-37,51,55,61-62H,2-9,30-33,56H2,1H3. The highest BCUT2D eigenvalue weighted by atomic mass is 16.6. The number of aryl methyl sites for hydroxylation is 2. The summed E-state index contributed by atoms with van der Waals surface area (Å²) in [5.74, 6) is -0.108. The molecule has 2 aliphatic rings. The number of nitrogens with zero attached hydrogens (tertiary/aromatic N) is 4. The van der Waals surface area contributed by atoms with E-state index in [9.17, 15) is 15.2 Å². The maximum absolute atomic E-state index is 12.2. The minimum atomic E-state index is -0.313. The van der Waals surface area contributed by atoms with Gasteiger partial charge < -0.3 is 39.8 Å². The molecule has 0 saturated heterocycles. The molecule has 6 aromatic carbocycles. The van der Waals surface area contributed by atoms with Gasteiger partial charge in [-0.15, -0.1) is 0 Å². The maximum atomic E-state index is 12.2. The molecule has 0 saturated carbocycles. The van der Waals surface area contributed by atoms with Gasteiger partial charge in [0, 0.05) is 88.5 Å². The highest BCUT2D eigenvalue weighted by Crippen LogP contribution is 2.51. The second-order valence-electron chi connectivity index (χ2n) is 17.1. The van der Waals surface area contributed by atoms with Crippen LogP contribution in [0.25, 0.3) is 27.5 Å². The summed E-state index contributed by atoms with van der Waals surface area (Å²) < 4.78 is 13.4. The van der Waals surface area contributed by atoms with Crippen LogP contribution in [0.15, 0.2) is 151 Å². The van der Waals surface area contributed by atoms with Gasteiger partial charge in [0.25, 0.3) is 5.70 Å². The summed E-state index contributed by atoms with van der Waals surface area (Å²) in [4.78, 5) is 16.3. The third-order valence-corrected chi connectivity index (χ3v) is 12.8. The molecule has 66 heavy (non-hydrogen) atoms. The zero-order chi connectivity index (χ0) is 45.6. The molecule has 4 N–H and O–H groups in total. The van der Waals surface area contributed by atoms with E-state index in [0.717, 1.165) is 106 Å². The molecular formula is C55H57N5O6. The molecular weight excluding hydrogens is 827 g/mol. The van der Waals surface area contributed by atoms with Crippen LogP contribution in [0.1, 0.15) is 61.6 Å². The van der Waals surface area contributed by atoms with Gasteiger partial charge in [0.05, 0.1) is 35.2 Å². The van der Waals surface area contributed by atoms with Crippen LogP contribution in [0.3, 0.4) is 0 Å². The molecule has 0 radical (unpaired) electrons. The first-order valence-corrected chi connectivity index (χ1v) is 23.2. The summed E-state index contributed by atoms with van der Waals surface area (Å²) in [7, 11) is 0. The second-order valence-corrected chi connectivity index (χ2v) is 17.1. The van der Waals surface area contributed by atoms with Crippen molar-refractivity contribution >= 4 is 55.9 Å². The molecule has 11 nitrogen and oxygen atoms in total. The third-order valence-electron chi connectivity index (χ3n) is 12.8. The van der Waals surface area contributed by atoms with Gasteiger partial charge in [-0.3, -0.25) is 10.1 Å². The molecule has 2 atom stereocenters. The number of fused-ring (bicyclic) bond motifs is 6. The van der Waals surface area contributed by atoms with Crippen molar-refractivity contribution in [1.29, 1.82) is 0 Å². The number of rotatable bonds is 20. The van der Waals surface area contributed by atoms with Gasteiger partial charge >= 0.3 is 0 Å². The maximum Gasteiger partial charge on any atom is 0.265 e. The van der Waals surface area contributed by atoms with E-state index in [-0.39, 0.29) is 34.9 Å². The van der Waals surface area contributed by atoms with Crippen LogP contribution in [-0.2, 0) is 22.3 Å². The van der Waals surface area contributed by atoms with Crippen molar-refractivity contribution in [2.24, 2.45) is 0 Å². The van der Waals surface area contributed by atoms with Crippen molar-refractivity contribution in [3.8, 4) is 11.4 Å². The highest BCUT2D eigenvalue weighted by molar-refractivity contribution is 6.11. The number of ether oxygens (including phenoxy) is 2. The number of allylic oxidation sites excluding steroid dienone is 1. The lowest BCUT2D eigenvalue weighted by atomic mass is 9.90. The number of aromatic nitrogens is 1. The number of nitrogens with two attached hydrogens (primary N) is 1. The third kappa shape index (κ3) is 9.28. The van der Waals surface area contributed by atoms with Crippen LogP contribution in [0.5, 0.6) is 5.75 Å². The summed E-state index contributed by atoms with van der Waals surface area (Å²) in [5, 5.41) is 33.8. The number of aromatic hydroxyl groups is 1. The van der Waals surface area contributed by atoms with Gasteiger partial charge in [-0.2, -0.15) is 0 Å². The van der Waals surface area contributed by atoms with Gasteiger partial charge in [0.15, 0.2) is 0 Å². The fourth-order valence-electron chi connectivity index (χ4n) is 9.60. The smallest absolute Gasteiger partial charge is 0.265 e. The topological polar surface area (TPSA) is 139 Å². The molecule has 9 rings (SSSR count). The first kappa shape index (κ1) is 44.3. The summed E-state index contributed by atoms with van der Waals surface area (Å²) in [6, 6.07) is 43.4. The first-order chi connectivity index (χ1) is 32.3. The Bertz CT molecular complexity index is 2870. The predicted molar refractivity (Wildman–Crippen MR) is 266 cm³/mol. The Hall–Kier alpha value is -6.92. The normalized spacial score (nSPS) is 15.3. The van der Waals surface area contributed by atoms with Gasteiger partial charge in [0.1, 0.15) is 5.75 Å². The molecule has 0 spiro atoms. The van der Waals surface area contributed by atoms with Crippen molar-refractivity contribution in [2.75, 3.05) is 48.6 Å². The number of unbranched alkanes of at least 4 members (excludes halogenated alkanes) is 3. The zero-order valence-corrected chi connectivity index (χ0v) is 37.4. The molecule has 0 fully saturated rings. The molecule has 1 aliphatic heterocycles. The van der Waals surface area contributed by atoms with Gasteiger partial charge in [0.2, 0.25) is 0 Å². The van der Waals surface area contributed by atoms with Crippen LogP contribution in [-0.4, -0.2) is 58.8 Å². The quantitative estimate of drug-likeness (QED) is 0.0295. The molecule has 2 unspecified atom stereocenters. The summed E-state index contributed by atoms with van der Waals surface area (Å²) in [6.07, 6.45) is 12.2. The molecule has 1 aliphatic carbocycles. The number of nitro groups is 1. The average Bonchev–Trinajstić information content (AvgIpc) is 3.83. The van der Waals surface area contributed by atoms with E-state index in [1.165, 1.54) is 11.1 Å².